The van der Waals surface area contributed by atoms with Gasteiger partial charge in [-0.05, 0) is 43.3 Å². The predicted molar refractivity (Wildman–Crippen MR) is 97.9 cm³/mol. The summed E-state index contributed by atoms with van der Waals surface area (Å²) in [6.07, 6.45) is 0. The summed E-state index contributed by atoms with van der Waals surface area (Å²) < 4.78 is 0. The number of aromatic carboxylic acids is 1. The van der Waals surface area contributed by atoms with Crippen LogP contribution in [0.4, 0.5) is 5.69 Å². The fraction of sp³-hybridized carbons (Fsp3) is 0.0588. The number of carbonyl (C=O) groups is 1. The Kier molecular flexibility index (Phi) is 4.97. The Morgan fingerprint density at radius 1 is 1.27 bits per heavy atom. The minimum Gasteiger partial charge on any atom is -0.476 e. The molecule has 0 bridgehead atoms. The average molecular weight is 390 g/mol. The topological polar surface area (TPSA) is 109 Å². The highest BCUT2D eigenvalue weighted by Gasteiger charge is 2.19. The van der Waals surface area contributed by atoms with Gasteiger partial charge in [0.2, 0.25) is 0 Å². The zero-order valence-corrected chi connectivity index (χ0v) is 15.0. The van der Waals surface area contributed by atoms with E-state index < -0.39 is 10.9 Å². The Bertz CT molecular complexity index is 1000. The van der Waals surface area contributed by atoms with Crippen LogP contribution in [-0.2, 0) is 0 Å². The van der Waals surface area contributed by atoms with Crippen molar-refractivity contribution in [3.63, 3.8) is 0 Å². The first kappa shape index (κ1) is 18.0. The fourth-order valence-corrected chi connectivity index (χ4v) is 3.35. The van der Waals surface area contributed by atoms with Crippen LogP contribution in [0.3, 0.4) is 0 Å². The third-order valence-corrected chi connectivity index (χ3v) is 4.88. The van der Waals surface area contributed by atoms with Gasteiger partial charge in [-0.25, -0.2) is 9.78 Å². The number of aryl methyl sites for hydroxylation is 1. The molecule has 0 saturated heterocycles. The molecule has 2 aromatic carbocycles. The molecule has 9 heteroatoms. The van der Waals surface area contributed by atoms with Crippen molar-refractivity contribution >= 4 is 35.0 Å². The van der Waals surface area contributed by atoms with E-state index in [0.717, 1.165) is 4.90 Å². The summed E-state index contributed by atoms with van der Waals surface area (Å²) in [5.74, 6) is -0.888. The van der Waals surface area contributed by atoms with Gasteiger partial charge in [0.25, 0.3) is 5.69 Å². The standard InChI is InChI=1S/C17H12ClN3O4S/c1-9-15(17(22)23)20-16(19-9)10-2-7-14(13(8-10)21(24)25)26-12-5-3-11(18)4-6-12/h2-8H,1H3,(H,19,20)(H,22,23). The molecule has 0 aliphatic heterocycles. The molecule has 3 rings (SSSR count). The number of hydrogen-bond acceptors (Lipinski definition) is 5. The quantitative estimate of drug-likeness (QED) is 0.479. The van der Waals surface area contributed by atoms with Gasteiger partial charge in [0.05, 0.1) is 9.82 Å². The highest BCUT2D eigenvalue weighted by atomic mass is 35.5. The molecule has 2 N–H and O–H groups in total. The molecular weight excluding hydrogens is 378 g/mol. The number of hydrogen-bond donors (Lipinski definition) is 2. The van der Waals surface area contributed by atoms with E-state index in [0.29, 0.717) is 21.2 Å². The Labute approximate surface area is 157 Å². The summed E-state index contributed by atoms with van der Waals surface area (Å²) in [4.78, 5) is 30.2. The fourth-order valence-electron chi connectivity index (χ4n) is 2.33. The van der Waals surface area contributed by atoms with Crippen LogP contribution in [0.15, 0.2) is 52.3 Å². The van der Waals surface area contributed by atoms with Gasteiger partial charge in [-0.15, -0.1) is 0 Å². The lowest BCUT2D eigenvalue weighted by molar-refractivity contribution is -0.387. The maximum atomic E-state index is 11.5. The van der Waals surface area contributed by atoms with Crippen molar-refractivity contribution in [1.82, 2.24) is 9.97 Å². The molecule has 0 amide bonds. The van der Waals surface area contributed by atoms with E-state index in [-0.39, 0.29) is 17.2 Å². The maximum absolute atomic E-state index is 11.5. The van der Waals surface area contributed by atoms with Crippen LogP contribution in [-0.4, -0.2) is 26.0 Å². The van der Waals surface area contributed by atoms with Crippen LogP contribution >= 0.6 is 23.4 Å². The van der Waals surface area contributed by atoms with Gasteiger partial charge in [0.1, 0.15) is 5.82 Å². The summed E-state index contributed by atoms with van der Waals surface area (Å²) >= 11 is 7.10. The van der Waals surface area contributed by atoms with Crippen LogP contribution in [0.5, 0.6) is 0 Å². The number of nitrogens with one attached hydrogen (secondary N) is 1. The van der Waals surface area contributed by atoms with Crippen molar-refractivity contribution in [1.29, 1.82) is 0 Å². The van der Waals surface area contributed by atoms with Crippen LogP contribution in [0.2, 0.25) is 5.02 Å². The van der Waals surface area contributed by atoms with Gasteiger partial charge in [0.15, 0.2) is 5.69 Å². The summed E-state index contributed by atoms with van der Waals surface area (Å²) in [6.45, 7) is 1.58. The van der Waals surface area contributed by atoms with Gasteiger partial charge in [-0.3, -0.25) is 10.1 Å². The SMILES string of the molecule is Cc1[nH]c(-c2ccc(Sc3ccc(Cl)cc3)c([N+](=O)[O-])c2)nc1C(=O)O. The molecule has 0 aliphatic carbocycles. The number of carboxylic acid groups (broad SMARTS) is 1. The normalized spacial score (nSPS) is 10.7. The number of halogens is 1. The largest absolute Gasteiger partial charge is 0.476 e. The molecule has 0 saturated carbocycles. The number of nitrogens with zero attached hydrogens (tertiary/aromatic N) is 2. The first-order valence-electron chi connectivity index (χ1n) is 7.37. The number of carboxylic acids is 1. The van der Waals surface area contributed by atoms with Gasteiger partial charge < -0.3 is 10.1 Å². The second-order valence-electron chi connectivity index (χ2n) is 5.36. The summed E-state index contributed by atoms with van der Waals surface area (Å²) in [5, 5.41) is 21.2. The van der Waals surface area contributed by atoms with Crippen LogP contribution < -0.4 is 0 Å². The van der Waals surface area contributed by atoms with Crippen molar-refractivity contribution in [3.8, 4) is 11.4 Å². The van der Waals surface area contributed by atoms with Crippen molar-refractivity contribution in [2.24, 2.45) is 0 Å². The number of nitro benzene ring substituents is 1. The van der Waals surface area contributed by atoms with E-state index in [2.05, 4.69) is 9.97 Å². The Morgan fingerprint density at radius 2 is 1.96 bits per heavy atom. The molecule has 0 atom stereocenters. The third-order valence-electron chi connectivity index (χ3n) is 3.56. The van der Waals surface area contributed by atoms with E-state index in [9.17, 15) is 14.9 Å². The Balaban J connectivity index is 1.99. The first-order chi connectivity index (χ1) is 12.3. The van der Waals surface area contributed by atoms with Crippen molar-refractivity contribution in [3.05, 3.63) is 69.0 Å². The summed E-state index contributed by atoms with van der Waals surface area (Å²) in [5.41, 5.74) is 0.623. The summed E-state index contributed by atoms with van der Waals surface area (Å²) in [7, 11) is 0. The minimum absolute atomic E-state index is 0.0895. The second kappa shape index (κ2) is 7.19. The minimum atomic E-state index is -1.16. The van der Waals surface area contributed by atoms with Crippen molar-refractivity contribution in [2.45, 2.75) is 16.7 Å². The average Bonchev–Trinajstić information content (AvgIpc) is 2.99. The number of aromatic amines is 1. The molecule has 26 heavy (non-hydrogen) atoms. The monoisotopic (exact) mass is 389 g/mol. The number of H-pyrrole nitrogens is 1. The third kappa shape index (κ3) is 3.71. The molecule has 7 nitrogen and oxygen atoms in total. The molecular formula is C17H12ClN3O4S. The van der Waals surface area contributed by atoms with E-state index in [1.807, 2.05) is 0 Å². The van der Waals surface area contributed by atoms with E-state index in [4.69, 9.17) is 16.7 Å². The number of imidazole rings is 1. The number of rotatable bonds is 5. The molecule has 0 aliphatic rings. The lowest BCUT2D eigenvalue weighted by Gasteiger charge is -2.05. The number of benzene rings is 2. The lowest BCUT2D eigenvalue weighted by atomic mass is 10.2. The molecule has 132 valence electrons. The predicted octanol–water partition coefficient (Wildman–Crippen LogP) is 4.80. The number of nitro groups is 1. The Morgan fingerprint density at radius 3 is 2.54 bits per heavy atom. The molecule has 1 heterocycles. The molecule has 1 aromatic heterocycles. The smallest absolute Gasteiger partial charge is 0.356 e. The molecule has 0 fully saturated rings. The van der Waals surface area contributed by atoms with E-state index in [1.165, 1.54) is 17.8 Å². The highest BCUT2D eigenvalue weighted by Crippen LogP contribution is 2.37. The second-order valence-corrected chi connectivity index (χ2v) is 6.91. The van der Waals surface area contributed by atoms with Crippen LogP contribution in [0, 0.1) is 17.0 Å². The van der Waals surface area contributed by atoms with Crippen LogP contribution in [0.1, 0.15) is 16.2 Å². The van der Waals surface area contributed by atoms with Gasteiger partial charge in [-0.2, -0.15) is 0 Å². The van der Waals surface area contributed by atoms with Gasteiger partial charge in [-0.1, -0.05) is 23.4 Å². The summed E-state index contributed by atoms with van der Waals surface area (Å²) in [6, 6.07) is 11.6. The first-order valence-corrected chi connectivity index (χ1v) is 8.56. The molecule has 0 spiro atoms. The van der Waals surface area contributed by atoms with Crippen molar-refractivity contribution in [2.75, 3.05) is 0 Å². The lowest BCUT2D eigenvalue weighted by Crippen LogP contribution is -1.98. The van der Waals surface area contributed by atoms with E-state index in [1.54, 1.807) is 43.3 Å². The molecule has 0 unspecified atom stereocenters. The molecule has 0 radical (unpaired) electrons. The highest BCUT2D eigenvalue weighted by molar-refractivity contribution is 7.99. The van der Waals surface area contributed by atoms with Gasteiger partial charge in [0, 0.05) is 27.2 Å². The zero-order chi connectivity index (χ0) is 18.8. The van der Waals surface area contributed by atoms with Crippen LogP contribution in [0.25, 0.3) is 11.4 Å². The maximum Gasteiger partial charge on any atom is 0.356 e. The number of aromatic nitrogens is 2. The zero-order valence-electron chi connectivity index (χ0n) is 13.4. The van der Waals surface area contributed by atoms with E-state index >= 15 is 0 Å². The van der Waals surface area contributed by atoms with Gasteiger partial charge >= 0.3 is 5.97 Å². The molecule has 3 aromatic rings. The van der Waals surface area contributed by atoms with Crippen molar-refractivity contribution < 1.29 is 14.8 Å². The Hall–Kier alpha value is -2.84.